The molecule has 0 bridgehead atoms. The third-order valence-corrected chi connectivity index (χ3v) is 6.36. The van der Waals surface area contributed by atoms with Gasteiger partial charge in [-0.3, -0.25) is 0 Å². The van der Waals surface area contributed by atoms with Gasteiger partial charge in [0.25, 0.3) is 0 Å². The van der Waals surface area contributed by atoms with Crippen molar-refractivity contribution in [3.63, 3.8) is 0 Å². The van der Waals surface area contributed by atoms with Gasteiger partial charge in [0, 0.05) is 47.7 Å². The van der Waals surface area contributed by atoms with Crippen molar-refractivity contribution in [1.29, 1.82) is 0 Å². The van der Waals surface area contributed by atoms with Crippen LogP contribution in [-0.4, -0.2) is 46.8 Å². The van der Waals surface area contributed by atoms with Crippen LogP contribution < -0.4 is 10.2 Å². The maximum atomic E-state index is 13.4. The van der Waals surface area contributed by atoms with E-state index in [2.05, 4.69) is 39.5 Å². The van der Waals surface area contributed by atoms with Gasteiger partial charge in [-0.15, -0.1) is 22.6 Å². The third-order valence-electron chi connectivity index (χ3n) is 6.07. The molecule has 0 spiro atoms. The van der Waals surface area contributed by atoms with Crippen LogP contribution in [0.15, 0.2) is 72.8 Å². The van der Waals surface area contributed by atoms with Crippen LogP contribution in [0, 0.1) is 5.82 Å². The van der Waals surface area contributed by atoms with Crippen molar-refractivity contribution >= 4 is 52.3 Å². The largest absolute Gasteiger partial charge is 0.348 e. The molecule has 4 aromatic rings. The maximum absolute atomic E-state index is 13.4. The maximum Gasteiger partial charge on any atom is 0.321 e. The number of nitrogens with zero attached hydrogens (tertiary/aromatic N) is 4. The predicted molar refractivity (Wildman–Crippen MR) is 141 cm³/mol. The van der Waals surface area contributed by atoms with E-state index in [1.165, 1.54) is 18.2 Å². The molecule has 1 saturated heterocycles. The second kappa shape index (κ2) is 10.5. The Morgan fingerprint density at radius 1 is 1.00 bits per heavy atom. The number of rotatable bonds is 3. The number of nitrogens with one attached hydrogen (secondary N) is 1. The molecule has 0 radical (unpaired) electrons. The zero-order valence-electron chi connectivity index (χ0n) is 19.0. The monoisotopic (exact) mass is 511 g/mol. The fourth-order valence-corrected chi connectivity index (χ4v) is 4.52. The lowest BCUT2D eigenvalue weighted by Gasteiger charge is -2.40. The van der Waals surface area contributed by atoms with Crippen LogP contribution in [0.25, 0.3) is 22.0 Å². The first-order chi connectivity index (χ1) is 16.5. The van der Waals surface area contributed by atoms with E-state index < -0.39 is 5.82 Å². The van der Waals surface area contributed by atoms with Crippen molar-refractivity contribution in [1.82, 2.24) is 15.1 Å². The molecule has 0 saturated carbocycles. The Morgan fingerprint density at radius 2 is 1.71 bits per heavy atom. The molecule has 35 heavy (non-hydrogen) atoms. The summed E-state index contributed by atoms with van der Waals surface area (Å²) in [6.45, 7) is 3.70. The number of carbonyl (C=O) groups excluding carboxylic acids is 1. The first-order valence-electron chi connectivity index (χ1n) is 11.1. The molecular formula is C26H24Cl2FN5O. The molecule has 6 nitrogen and oxygen atoms in total. The molecule has 2 amide bonds. The molecule has 5 rings (SSSR count). The summed E-state index contributed by atoms with van der Waals surface area (Å²) in [5, 5.41) is 14.0. The molecule has 1 aliphatic rings. The topological polar surface area (TPSA) is 61.4 Å². The number of anilines is 2. The van der Waals surface area contributed by atoms with Crippen LogP contribution >= 0.6 is 24.0 Å². The zero-order valence-corrected chi connectivity index (χ0v) is 20.6. The number of hydrogen-bond acceptors (Lipinski definition) is 4. The number of fused-ring (bicyclic) bond motifs is 1. The summed E-state index contributed by atoms with van der Waals surface area (Å²) in [5.74, 6) is 0.293. The Morgan fingerprint density at radius 3 is 2.43 bits per heavy atom. The predicted octanol–water partition coefficient (Wildman–Crippen LogP) is 6.25. The van der Waals surface area contributed by atoms with Crippen molar-refractivity contribution in [2.24, 2.45) is 0 Å². The van der Waals surface area contributed by atoms with E-state index in [9.17, 15) is 9.18 Å². The highest BCUT2D eigenvalue weighted by atomic mass is 35.5. The number of piperazine rings is 1. The number of urea groups is 1. The first-order valence-corrected chi connectivity index (χ1v) is 11.5. The van der Waals surface area contributed by atoms with Crippen LogP contribution in [0.1, 0.15) is 6.92 Å². The van der Waals surface area contributed by atoms with Crippen LogP contribution in [0.4, 0.5) is 20.7 Å². The zero-order chi connectivity index (χ0) is 23.7. The number of aromatic nitrogens is 2. The minimum atomic E-state index is -0.520. The van der Waals surface area contributed by atoms with Gasteiger partial charge in [-0.05, 0) is 25.1 Å². The quantitative estimate of drug-likeness (QED) is 0.352. The molecule has 0 unspecified atom stereocenters. The van der Waals surface area contributed by atoms with Gasteiger partial charge in [0.1, 0.15) is 11.5 Å². The van der Waals surface area contributed by atoms with E-state index in [0.717, 1.165) is 27.8 Å². The molecule has 1 fully saturated rings. The summed E-state index contributed by atoms with van der Waals surface area (Å²) in [6.07, 6.45) is 0. The van der Waals surface area contributed by atoms with E-state index in [1.807, 2.05) is 42.5 Å². The Balaban J connectivity index is 0.00000289. The molecular weight excluding hydrogens is 488 g/mol. The van der Waals surface area contributed by atoms with Gasteiger partial charge in [-0.1, -0.05) is 66.2 Å². The summed E-state index contributed by atoms with van der Waals surface area (Å²) in [4.78, 5) is 16.7. The van der Waals surface area contributed by atoms with Gasteiger partial charge in [0.15, 0.2) is 5.82 Å². The van der Waals surface area contributed by atoms with E-state index in [-0.39, 0.29) is 29.5 Å². The van der Waals surface area contributed by atoms with Gasteiger partial charge in [-0.2, -0.15) is 0 Å². The van der Waals surface area contributed by atoms with Gasteiger partial charge in [0.05, 0.1) is 5.02 Å². The van der Waals surface area contributed by atoms with E-state index in [0.29, 0.717) is 25.3 Å². The molecule has 2 heterocycles. The number of carbonyl (C=O) groups is 1. The van der Waals surface area contributed by atoms with Gasteiger partial charge in [0.2, 0.25) is 0 Å². The number of benzene rings is 3. The van der Waals surface area contributed by atoms with Crippen molar-refractivity contribution in [2.45, 2.75) is 13.0 Å². The molecule has 3 aromatic carbocycles. The lowest BCUT2D eigenvalue weighted by Crippen LogP contribution is -2.55. The van der Waals surface area contributed by atoms with Crippen LogP contribution in [0.3, 0.4) is 0 Å². The van der Waals surface area contributed by atoms with Crippen molar-refractivity contribution in [2.75, 3.05) is 29.9 Å². The van der Waals surface area contributed by atoms with Gasteiger partial charge in [-0.25, -0.2) is 9.18 Å². The Hall–Kier alpha value is -3.42. The van der Waals surface area contributed by atoms with E-state index >= 15 is 0 Å². The molecule has 1 aromatic heterocycles. The Bertz CT molecular complexity index is 1350. The third kappa shape index (κ3) is 5.01. The number of amides is 2. The summed E-state index contributed by atoms with van der Waals surface area (Å²) in [5.41, 5.74) is 2.33. The second-order valence-corrected chi connectivity index (χ2v) is 8.74. The highest BCUT2D eigenvalue weighted by Crippen LogP contribution is 2.32. The summed E-state index contributed by atoms with van der Waals surface area (Å²) >= 11 is 5.83. The Kier molecular flexibility index (Phi) is 7.38. The highest BCUT2D eigenvalue weighted by Gasteiger charge is 2.29. The van der Waals surface area contributed by atoms with Crippen molar-refractivity contribution in [3.05, 3.63) is 83.6 Å². The summed E-state index contributed by atoms with van der Waals surface area (Å²) in [7, 11) is 0. The summed E-state index contributed by atoms with van der Waals surface area (Å²) in [6, 6.07) is 22.1. The standard InChI is InChI=1S/C26H23ClFN5O.ClH/c1-17-16-32(26(34)29-19-11-12-23(28)22(27)15-19)13-14-33(17)25-21-10-6-5-9-20(21)24(30-31-25)18-7-3-2-4-8-18;/h2-12,15,17H,13-14,16H2,1H3,(H,29,34);1H/t17-;/m0./s1. The van der Waals surface area contributed by atoms with Crippen molar-refractivity contribution in [3.8, 4) is 11.3 Å². The average molecular weight is 512 g/mol. The minimum Gasteiger partial charge on any atom is -0.348 e. The van der Waals surface area contributed by atoms with Gasteiger partial charge < -0.3 is 15.1 Å². The van der Waals surface area contributed by atoms with Crippen molar-refractivity contribution < 1.29 is 9.18 Å². The normalized spacial score (nSPS) is 15.6. The van der Waals surface area contributed by atoms with Crippen LogP contribution in [0.5, 0.6) is 0 Å². The van der Waals surface area contributed by atoms with Crippen LogP contribution in [-0.2, 0) is 0 Å². The Labute approximate surface area is 214 Å². The minimum absolute atomic E-state index is 0. The molecule has 1 atom stereocenters. The highest BCUT2D eigenvalue weighted by molar-refractivity contribution is 6.31. The van der Waals surface area contributed by atoms with Crippen LogP contribution in [0.2, 0.25) is 5.02 Å². The van der Waals surface area contributed by atoms with Gasteiger partial charge >= 0.3 is 6.03 Å². The second-order valence-electron chi connectivity index (χ2n) is 8.33. The molecule has 180 valence electrons. The fourth-order valence-electron chi connectivity index (χ4n) is 4.34. The number of halogens is 3. The fraction of sp³-hybridized carbons (Fsp3) is 0.192. The number of hydrogen-bond donors (Lipinski definition) is 1. The van der Waals surface area contributed by atoms with E-state index in [1.54, 1.807) is 4.90 Å². The van der Waals surface area contributed by atoms with E-state index in [4.69, 9.17) is 11.6 Å². The lowest BCUT2D eigenvalue weighted by atomic mass is 10.0. The average Bonchev–Trinajstić information content (AvgIpc) is 2.86. The molecule has 9 heteroatoms. The first kappa shape index (κ1) is 24.7. The summed E-state index contributed by atoms with van der Waals surface area (Å²) < 4.78 is 13.4. The molecule has 1 aliphatic heterocycles. The molecule has 0 aliphatic carbocycles. The molecule has 1 N–H and O–H groups in total. The smallest absolute Gasteiger partial charge is 0.321 e. The lowest BCUT2D eigenvalue weighted by molar-refractivity contribution is 0.200. The SMILES string of the molecule is C[C@H]1CN(C(=O)Nc2ccc(F)c(Cl)c2)CCN1c1nnc(-c2ccccc2)c2ccccc12.Cl.